The van der Waals surface area contributed by atoms with Crippen LogP contribution in [0.1, 0.15) is 20.8 Å². The number of aliphatic carboxylic acids is 1. The zero-order chi connectivity index (χ0) is 15.3. The van der Waals surface area contributed by atoms with Gasteiger partial charge in [0.25, 0.3) is 5.91 Å². The van der Waals surface area contributed by atoms with E-state index in [4.69, 9.17) is 9.84 Å². The normalized spacial score (nSPS) is 13.7. The van der Waals surface area contributed by atoms with Crippen molar-refractivity contribution in [3.63, 3.8) is 0 Å². The van der Waals surface area contributed by atoms with Crippen molar-refractivity contribution in [1.82, 2.24) is 5.32 Å². The third-order valence-electron chi connectivity index (χ3n) is 2.71. The van der Waals surface area contributed by atoms with Gasteiger partial charge < -0.3 is 15.2 Å². The highest BCUT2D eigenvalue weighted by Crippen LogP contribution is 2.19. The van der Waals surface area contributed by atoms with Crippen LogP contribution in [0.4, 0.5) is 0 Å². The molecule has 1 aromatic carbocycles. The van der Waals surface area contributed by atoms with Gasteiger partial charge in [-0.15, -0.1) is 0 Å². The Hall–Kier alpha value is -1.56. The summed E-state index contributed by atoms with van der Waals surface area (Å²) in [6.45, 7) is 5.05. The summed E-state index contributed by atoms with van der Waals surface area (Å²) in [6, 6.07) is 6.18. The van der Waals surface area contributed by atoms with Crippen LogP contribution < -0.4 is 10.1 Å². The smallest absolute Gasteiger partial charge is 0.326 e. The van der Waals surface area contributed by atoms with Crippen molar-refractivity contribution in [2.45, 2.75) is 32.9 Å². The van der Waals surface area contributed by atoms with E-state index in [1.165, 1.54) is 0 Å². The third kappa shape index (κ3) is 4.85. The molecule has 2 N–H and O–H groups in total. The number of nitrogens with one attached hydrogen (secondary N) is 1. The van der Waals surface area contributed by atoms with Crippen LogP contribution in [-0.4, -0.2) is 29.1 Å². The Morgan fingerprint density at radius 1 is 1.30 bits per heavy atom. The maximum absolute atomic E-state index is 11.9. The molecule has 6 heteroatoms. The van der Waals surface area contributed by atoms with E-state index >= 15 is 0 Å². The first-order valence-corrected chi connectivity index (χ1v) is 7.06. The number of carbonyl (C=O) groups is 2. The van der Waals surface area contributed by atoms with Crippen molar-refractivity contribution >= 4 is 27.8 Å². The van der Waals surface area contributed by atoms with Crippen LogP contribution in [0.25, 0.3) is 0 Å². The Kier molecular flexibility index (Phi) is 6.01. The van der Waals surface area contributed by atoms with Gasteiger partial charge in [-0.1, -0.05) is 35.8 Å². The van der Waals surface area contributed by atoms with Gasteiger partial charge >= 0.3 is 5.97 Å². The van der Waals surface area contributed by atoms with Gasteiger partial charge in [0.15, 0.2) is 6.10 Å². The molecule has 0 bridgehead atoms. The lowest BCUT2D eigenvalue weighted by molar-refractivity contribution is -0.144. The van der Waals surface area contributed by atoms with Crippen molar-refractivity contribution in [3.05, 3.63) is 28.7 Å². The molecule has 20 heavy (non-hydrogen) atoms. The van der Waals surface area contributed by atoms with E-state index in [0.29, 0.717) is 5.75 Å². The van der Waals surface area contributed by atoms with Crippen LogP contribution in [0.3, 0.4) is 0 Å². The highest BCUT2D eigenvalue weighted by molar-refractivity contribution is 9.10. The summed E-state index contributed by atoms with van der Waals surface area (Å²) in [6.07, 6.45) is -0.773. The van der Waals surface area contributed by atoms with Crippen LogP contribution in [0, 0.1) is 5.92 Å². The van der Waals surface area contributed by atoms with E-state index in [1.54, 1.807) is 39.0 Å². The van der Waals surface area contributed by atoms with E-state index < -0.39 is 24.0 Å². The predicted molar refractivity (Wildman–Crippen MR) is 78.6 cm³/mol. The van der Waals surface area contributed by atoms with Gasteiger partial charge in [0.05, 0.1) is 0 Å². The van der Waals surface area contributed by atoms with Crippen LogP contribution in [0.5, 0.6) is 5.75 Å². The molecule has 0 heterocycles. The Bertz CT molecular complexity index is 490. The second-order valence-corrected chi connectivity index (χ2v) is 5.70. The fraction of sp³-hybridized carbons (Fsp3) is 0.429. The van der Waals surface area contributed by atoms with Crippen LogP contribution in [0.2, 0.25) is 0 Å². The van der Waals surface area contributed by atoms with Gasteiger partial charge in [0, 0.05) is 4.47 Å². The standard InChI is InChI=1S/C14H18BrNO4/c1-8(2)12(14(18)19)16-13(17)9(3)20-11-6-4-5-10(15)7-11/h4-9,12H,1-3H3,(H,16,17)(H,18,19)/t9?,12-/m1/s1. The number of carboxylic acids is 1. The molecule has 0 saturated heterocycles. The minimum Gasteiger partial charge on any atom is -0.481 e. The summed E-state index contributed by atoms with van der Waals surface area (Å²) in [4.78, 5) is 23.0. The van der Waals surface area contributed by atoms with Gasteiger partial charge in [0.1, 0.15) is 11.8 Å². The van der Waals surface area contributed by atoms with E-state index in [1.807, 2.05) is 6.07 Å². The summed E-state index contributed by atoms with van der Waals surface area (Å²) in [5, 5.41) is 11.5. The number of halogens is 1. The molecule has 0 aliphatic rings. The summed E-state index contributed by atoms with van der Waals surface area (Å²) in [7, 11) is 0. The highest BCUT2D eigenvalue weighted by atomic mass is 79.9. The van der Waals surface area contributed by atoms with Crippen LogP contribution in [-0.2, 0) is 9.59 Å². The molecule has 0 fully saturated rings. The molecule has 2 atom stereocenters. The second kappa shape index (κ2) is 7.28. The Morgan fingerprint density at radius 3 is 2.45 bits per heavy atom. The Morgan fingerprint density at radius 2 is 1.95 bits per heavy atom. The molecule has 1 unspecified atom stereocenters. The minimum absolute atomic E-state index is 0.200. The Balaban J connectivity index is 2.65. The maximum Gasteiger partial charge on any atom is 0.326 e. The molecular weight excluding hydrogens is 326 g/mol. The zero-order valence-electron chi connectivity index (χ0n) is 11.6. The molecular formula is C14H18BrNO4. The first kappa shape index (κ1) is 16.5. The number of benzene rings is 1. The van der Waals surface area contributed by atoms with Crippen molar-refractivity contribution < 1.29 is 19.4 Å². The van der Waals surface area contributed by atoms with E-state index in [9.17, 15) is 9.59 Å². The number of hydrogen-bond acceptors (Lipinski definition) is 3. The molecule has 5 nitrogen and oxygen atoms in total. The molecule has 0 spiro atoms. The van der Waals surface area contributed by atoms with E-state index in [0.717, 1.165) is 4.47 Å². The molecule has 0 aliphatic carbocycles. The SMILES string of the molecule is CC(Oc1cccc(Br)c1)C(=O)N[C@@H](C(=O)O)C(C)C. The van der Waals surface area contributed by atoms with Crippen LogP contribution in [0.15, 0.2) is 28.7 Å². The molecule has 0 radical (unpaired) electrons. The molecule has 1 aromatic rings. The molecule has 1 rings (SSSR count). The van der Waals surface area contributed by atoms with Crippen molar-refractivity contribution in [3.8, 4) is 5.75 Å². The topological polar surface area (TPSA) is 75.6 Å². The van der Waals surface area contributed by atoms with E-state index in [-0.39, 0.29) is 5.92 Å². The number of carboxylic acid groups (broad SMARTS) is 1. The lowest BCUT2D eigenvalue weighted by atomic mass is 10.0. The molecule has 0 saturated carbocycles. The van der Waals surface area contributed by atoms with Crippen molar-refractivity contribution in [2.24, 2.45) is 5.92 Å². The average Bonchev–Trinajstić information content (AvgIpc) is 2.34. The first-order valence-electron chi connectivity index (χ1n) is 6.26. The first-order chi connectivity index (χ1) is 9.31. The molecule has 0 aliphatic heterocycles. The quantitative estimate of drug-likeness (QED) is 0.831. The second-order valence-electron chi connectivity index (χ2n) is 4.79. The summed E-state index contributed by atoms with van der Waals surface area (Å²) >= 11 is 3.31. The molecule has 1 amide bonds. The predicted octanol–water partition coefficient (Wildman–Crippen LogP) is 2.44. The van der Waals surface area contributed by atoms with Gasteiger partial charge in [0.2, 0.25) is 0 Å². The lowest BCUT2D eigenvalue weighted by Crippen LogP contribution is -2.48. The van der Waals surface area contributed by atoms with Crippen molar-refractivity contribution in [1.29, 1.82) is 0 Å². The maximum atomic E-state index is 11.9. The van der Waals surface area contributed by atoms with Gasteiger partial charge in [-0.05, 0) is 31.0 Å². The van der Waals surface area contributed by atoms with Gasteiger partial charge in [-0.25, -0.2) is 4.79 Å². The monoisotopic (exact) mass is 343 g/mol. The van der Waals surface area contributed by atoms with Gasteiger partial charge in [-0.2, -0.15) is 0 Å². The third-order valence-corrected chi connectivity index (χ3v) is 3.20. The van der Waals surface area contributed by atoms with Crippen LogP contribution >= 0.6 is 15.9 Å². The summed E-state index contributed by atoms with van der Waals surface area (Å²) < 4.78 is 6.32. The molecule has 0 aromatic heterocycles. The Labute approximate surface area is 126 Å². The zero-order valence-corrected chi connectivity index (χ0v) is 13.2. The molecule has 110 valence electrons. The number of hydrogen-bond donors (Lipinski definition) is 2. The van der Waals surface area contributed by atoms with Gasteiger partial charge in [-0.3, -0.25) is 4.79 Å². The fourth-order valence-electron chi connectivity index (χ4n) is 1.58. The van der Waals surface area contributed by atoms with Crippen molar-refractivity contribution in [2.75, 3.05) is 0 Å². The largest absolute Gasteiger partial charge is 0.481 e. The number of rotatable bonds is 6. The van der Waals surface area contributed by atoms with E-state index in [2.05, 4.69) is 21.2 Å². The summed E-state index contributed by atoms with van der Waals surface area (Å²) in [5.41, 5.74) is 0. The number of ether oxygens (including phenoxy) is 1. The highest BCUT2D eigenvalue weighted by Gasteiger charge is 2.26. The average molecular weight is 344 g/mol. The fourth-order valence-corrected chi connectivity index (χ4v) is 1.96. The minimum atomic E-state index is -1.05. The number of carbonyl (C=O) groups excluding carboxylic acids is 1. The number of amides is 1. The lowest BCUT2D eigenvalue weighted by Gasteiger charge is -2.21. The summed E-state index contributed by atoms with van der Waals surface area (Å²) in [5.74, 6) is -1.16.